The fourth-order valence-corrected chi connectivity index (χ4v) is 0.561. The molecule has 0 aliphatic rings. The second-order valence-electron chi connectivity index (χ2n) is 2.31. The van der Waals surface area contributed by atoms with E-state index in [-0.39, 0.29) is 25.9 Å². The Morgan fingerprint density at radius 2 is 2.09 bits per heavy atom. The molecule has 68 valence electrons. The molecular formula is C7H16O4. The molecule has 0 aliphatic carbocycles. The lowest BCUT2D eigenvalue weighted by Gasteiger charge is -2.16. The quantitative estimate of drug-likeness (QED) is 0.514. The van der Waals surface area contributed by atoms with Crippen LogP contribution in [0.2, 0.25) is 0 Å². The highest BCUT2D eigenvalue weighted by Crippen LogP contribution is 1.96. The number of methoxy groups -OCH3 is 1. The Labute approximate surface area is 66.7 Å². The Morgan fingerprint density at radius 1 is 1.45 bits per heavy atom. The Bertz CT molecular complexity index is 86.5. The molecule has 0 fully saturated rings. The SMILES string of the molecule is COC(C)C(O)COCCO. The molecule has 2 N–H and O–H groups in total. The average Bonchev–Trinajstić information content (AvgIpc) is 2.03. The first kappa shape index (κ1) is 10.8. The van der Waals surface area contributed by atoms with E-state index in [9.17, 15) is 5.11 Å². The first-order valence-electron chi connectivity index (χ1n) is 3.61. The lowest BCUT2D eigenvalue weighted by molar-refractivity contribution is -0.0519. The van der Waals surface area contributed by atoms with Crippen molar-refractivity contribution < 1.29 is 19.7 Å². The van der Waals surface area contributed by atoms with Crippen LogP contribution in [0, 0.1) is 0 Å². The van der Waals surface area contributed by atoms with Gasteiger partial charge in [-0.05, 0) is 6.92 Å². The summed E-state index contributed by atoms with van der Waals surface area (Å²) in [6.07, 6.45) is -0.847. The molecule has 0 saturated heterocycles. The molecule has 0 rings (SSSR count). The third kappa shape index (κ3) is 5.15. The van der Waals surface area contributed by atoms with Gasteiger partial charge in [0.1, 0.15) is 6.10 Å². The van der Waals surface area contributed by atoms with E-state index in [1.165, 1.54) is 7.11 Å². The van der Waals surface area contributed by atoms with Crippen molar-refractivity contribution in [2.45, 2.75) is 19.1 Å². The summed E-state index contributed by atoms with van der Waals surface area (Å²) in [7, 11) is 1.53. The fraction of sp³-hybridized carbons (Fsp3) is 1.00. The number of ether oxygens (including phenoxy) is 2. The van der Waals surface area contributed by atoms with Gasteiger partial charge in [0.2, 0.25) is 0 Å². The number of rotatable bonds is 6. The highest BCUT2D eigenvalue weighted by molar-refractivity contribution is 4.61. The van der Waals surface area contributed by atoms with Crippen molar-refractivity contribution in [3.05, 3.63) is 0 Å². The van der Waals surface area contributed by atoms with E-state index in [4.69, 9.17) is 14.6 Å². The van der Waals surface area contributed by atoms with Gasteiger partial charge in [-0.2, -0.15) is 0 Å². The van der Waals surface area contributed by atoms with Gasteiger partial charge in [-0.1, -0.05) is 0 Å². The van der Waals surface area contributed by atoms with E-state index in [1.807, 2.05) is 0 Å². The van der Waals surface area contributed by atoms with Crippen LogP contribution in [0.3, 0.4) is 0 Å². The number of aliphatic hydroxyl groups is 2. The maximum absolute atomic E-state index is 9.21. The summed E-state index contributed by atoms with van der Waals surface area (Å²) in [6, 6.07) is 0. The van der Waals surface area contributed by atoms with E-state index in [2.05, 4.69) is 0 Å². The Morgan fingerprint density at radius 3 is 2.55 bits per heavy atom. The van der Waals surface area contributed by atoms with Gasteiger partial charge in [0.25, 0.3) is 0 Å². The zero-order valence-electron chi connectivity index (χ0n) is 6.99. The third-order valence-electron chi connectivity index (χ3n) is 1.44. The van der Waals surface area contributed by atoms with E-state index in [1.54, 1.807) is 6.92 Å². The highest BCUT2D eigenvalue weighted by Gasteiger charge is 2.12. The molecule has 0 aromatic carbocycles. The predicted octanol–water partition coefficient (Wildman–Crippen LogP) is -0.609. The monoisotopic (exact) mass is 164 g/mol. The van der Waals surface area contributed by atoms with E-state index >= 15 is 0 Å². The largest absolute Gasteiger partial charge is 0.394 e. The van der Waals surface area contributed by atoms with Crippen molar-refractivity contribution in [2.75, 3.05) is 26.9 Å². The van der Waals surface area contributed by atoms with Crippen molar-refractivity contribution in [3.8, 4) is 0 Å². The van der Waals surface area contributed by atoms with Gasteiger partial charge < -0.3 is 19.7 Å². The van der Waals surface area contributed by atoms with E-state index < -0.39 is 6.10 Å². The molecule has 4 nitrogen and oxygen atoms in total. The molecule has 0 spiro atoms. The molecule has 0 aromatic rings. The van der Waals surface area contributed by atoms with Gasteiger partial charge in [-0.3, -0.25) is 0 Å². The van der Waals surface area contributed by atoms with Crippen LogP contribution < -0.4 is 0 Å². The number of hydrogen-bond donors (Lipinski definition) is 2. The summed E-state index contributed by atoms with van der Waals surface area (Å²) in [4.78, 5) is 0. The Hall–Kier alpha value is -0.160. The highest BCUT2D eigenvalue weighted by atomic mass is 16.5. The second-order valence-corrected chi connectivity index (χ2v) is 2.31. The lowest BCUT2D eigenvalue weighted by Crippen LogP contribution is -2.30. The minimum Gasteiger partial charge on any atom is -0.394 e. The van der Waals surface area contributed by atoms with Gasteiger partial charge in [-0.15, -0.1) is 0 Å². The molecular weight excluding hydrogens is 148 g/mol. The molecule has 4 heteroatoms. The van der Waals surface area contributed by atoms with E-state index in [0.29, 0.717) is 0 Å². The molecule has 0 bridgehead atoms. The summed E-state index contributed by atoms with van der Waals surface area (Å²) in [5.74, 6) is 0. The third-order valence-corrected chi connectivity index (χ3v) is 1.44. The van der Waals surface area contributed by atoms with Gasteiger partial charge in [-0.25, -0.2) is 0 Å². The average molecular weight is 164 g/mol. The van der Waals surface area contributed by atoms with Crippen LogP contribution in [-0.2, 0) is 9.47 Å². The summed E-state index contributed by atoms with van der Waals surface area (Å²) >= 11 is 0. The van der Waals surface area contributed by atoms with Gasteiger partial charge in [0, 0.05) is 7.11 Å². The zero-order valence-corrected chi connectivity index (χ0v) is 6.99. The minimum absolute atomic E-state index is 0.0198. The maximum atomic E-state index is 9.21. The minimum atomic E-state index is -0.619. The number of aliphatic hydroxyl groups excluding tert-OH is 2. The molecule has 0 saturated carbocycles. The predicted molar refractivity (Wildman–Crippen MR) is 40.4 cm³/mol. The van der Waals surface area contributed by atoms with Crippen molar-refractivity contribution in [1.29, 1.82) is 0 Å². The second kappa shape index (κ2) is 6.54. The first-order valence-corrected chi connectivity index (χ1v) is 3.61. The summed E-state index contributed by atoms with van der Waals surface area (Å²) in [5.41, 5.74) is 0. The molecule has 0 aromatic heterocycles. The van der Waals surface area contributed by atoms with Crippen molar-refractivity contribution in [1.82, 2.24) is 0 Å². The molecule has 0 amide bonds. The van der Waals surface area contributed by atoms with Crippen molar-refractivity contribution in [3.63, 3.8) is 0 Å². The molecule has 0 heterocycles. The van der Waals surface area contributed by atoms with Gasteiger partial charge in [0.15, 0.2) is 0 Å². The van der Waals surface area contributed by atoms with Crippen LogP contribution in [-0.4, -0.2) is 49.4 Å². The Kier molecular flexibility index (Phi) is 6.45. The summed E-state index contributed by atoms with van der Waals surface area (Å²) in [6.45, 7) is 2.20. The van der Waals surface area contributed by atoms with Gasteiger partial charge in [0.05, 0.1) is 25.9 Å². The smallest absolute Gasteiger partial charge is 0.103 e. The lowest BCUT2D eigenvalue weighted by atomic mass is 10.2. The Balaban J connectivity index is 3.28. The summed E-state index contributed by atoms with van der Waals surface area (Å²) in [5, 5.41) is 17.5. The van der Waals surface area contributed by atoms with Crippen LogP contribution >= 0.6 is 0 Å². The van der Waals surface area contributed by atoms with Crippen molar-refractivity contribution >= 4 is 0 Å². The van der Waals surface area contributed by atoms with Crippen LogP contribution in [0.15, 0.2) is 0 Å². The molecule has 0 aliphatic heterocycles. The fourth-order valence-electron chi connectivity index (χ4n) is 0.561. The van der Waals surface area contributed by atoms with Crippen LogP contribution in [0.4, 0.5) is 0 Å². The van der Waals surface area contributed by atoms with E-state index in [0.717, 1.165) is 0 Å². The first-order chi connectivity index (χ1) is 5.22. The van der Waals surface area contributed by atoms with Gasteiger partial charge >= 0.3 is 0 Å². The normalized spacial score (nSPS) is 16.4. The molecule has 2 unspecified atom stereocenters. The molecule has 2 atom stereocenters. The molecule has 11 heavy (non-hydrogen) atoms. The van der Waals surface area contributed by atoms with Crippen molar-refractivity contribution in [2.24, 2.45) is 0 Å². The standard InChI is InChI=1S/C7H16O4/c1-6(10-2)7(9)5-11-4-3-8/h6-9H,3-5H2,1-2H3. The zero-order chi connectivity index (χ0) is 8.69. The van der Waals surface area contributed by atoms with Crippen LogP contribution in [0.1, 0.15) is 6.92 Å². The molecule has 0 radical (unpaired) electrons. The van der Waals surface area contributed by atoms with Crippen LogP contribution in [0.5, 0.6) is 0 Å². The van der Waals surface area contributed by atoms with Crippen LogP contribution in [0.25, 0.3) is 0 Å². The maximum Gasteiger partial charge on any atom is 0.103 e. The topological polar surface area (TPSA) is 58.9 Å². The number of hydrogen-bond acceptors (Lipinski definition) is 4. The summed E-state index contributed by atoms with van der Waals surface area (Å²) < 4.78 is 9.74.